The minimum atomic E-state index is -0.745. The Hall–Kier alpha value is -2.49. The number of carbonyl (C=O) groups is 5. The molecule has 34 heavy (non-hydrogen) atoms. The molecule has 0 radical (unpaired) electrons. The molecule has 0 aliphatic carbocycles. The number of amides is 3. The summed E-state index contributed by atoms with van der Waals surface area (Å²) in [6.45, 7) is 5.10. The van der Waals surface area contributed by atoms with Gasteiger partial charge < -0.3 is 24.6 Å². The van der Waals surface area contributed by atoms with E-state index in [1.54, 1.807) is 13.8 Å². The summed E-state index contributed by atoms with van der Waals surface area (Å²) < 4.78 is 5.52. The zero-order valence-electron chi connectivity index (χ0n) is 20.5. The molecule has 10 nitrogen and oxygen atoms in total. The normalized spacial score (nSPS) is 27.2. The molecule has 3 amide bonds. The Labute approximate surface area is 201 Å². The van der Waals surface area contributed by atoms with Crippen LogP contribution in [-0.4, -0.2) is 102 Å². The highest BCUT2D eigenvalue weighted by atomic mass is 16.5. The molecule has 3 aliphatic heterocycles. The second-order valence-electron chi connectivity index (χ2n) is 9.80. The first-order valence-electron chi connectivity index (χ1n) is 12.5. The number of nitrogens with zero attached hydrogens (tertiary/aromatic N) is 3. The molecule has 1 N–H and O–H groups in total. The highest BCUT2D eigenvalue weighted by molar-refractivity contribution is 5.92. The molecule has 5 atom stereocenters. The topological polar surface area (TPSA) is 116 Å². The van der Waals surface area contributed by atoms with Crippen molar-refractivity contribution in [2.24, 2.45) is 0 Å². The van der Waals surface area contributed by atoms with Gasteiger partial charge in [-0.3, -0.25) is 19.3 Å². The van der Waals surface area contributed by atoms with Crippen molar-refractivity contribution < 1.29 is 28.7 Å². The molecule has 5 unspecified atom stereocenters. The fourth-order valence-corrected chi connectivity index (χ4v) is 5.23. The SMILES string of the molecule is CC(CC(=O)N1CCCC1C=O)OC(=O)C1CCCN1C(=O)C(C)NC(=O)C1CCCCN1C. The van der Waals surface area contributed by atoms with Gasteiger partial charge in [-0.25, -0.2) is 4.79 Å². The molecule has 0 saturated carbocycles. The predicted octanol–water partition coefficient (Wildman–Crippen LogP) is 0.478. The van der Waals surface area contributed by atoms with E-state index in [0.29, 0.717) is 32.4 Å². The summed E-state index contributed by atoms with van der Waals surface area (Å²) in [6, 6.07) is -2.11. The van der Waals surface area contributed by atoms with E-state index in [1.165, 1.54) is 9.80 Å². The fraction of sp³-hybridized carbons (Fsp3) is 0.792. The summed E-state index contributed by atoms with van der Waals surface area (Å²) in [5.41, 5.74) is 0. The number of hydrogen-bond donors (Lipinski definition) is 1. The third-order valence-corrected chi connectivity index (χ3v) is 7.17. The Kier molecular flexibility index (Phi) is 9.04. The van der Waals surface area contributed by atoms with Crippen molar-refractivity contribution in [1.82, 2.24) is 20.0 Å². The number of carbonyl (C=O) groups excluding carboxylic acids is 5. The van der Waals surface area contributed by atoms with Crippen molar-refractivity contribution in [3.05, 3.63) is 0 Å². The first-order valence-corrected chi connectivity index (χ1v) is 12.5. The van der Waals surface area contributed by atoms with Gasteiger partial charge in [0.05, 0.1) is 18.5 Å². The van der Waals surface area contributed by atoms with Crippen molar-refractivity contribution >= 4 is 30.0 Å². The maximum absolute atomic E-state index is 13.1. The molecule has 0 aromatic rings. The Bertz CT molecular complexity index is 789. The summed E-state index contributed by atoms with van der Waals surface area (Å²) in [5, 5.41) is 2.82. The number of likely N-dealkylation sites (N-methyl/N-ethyl adjacent to an activating group) is 1. The van der Waals surface area contributed by atoms with Crippen LogP contribution in [0.1, 0.15) is 65.2 Å². The zero-order chi connectivity index (χ0) is 24.8. The summed E-state index contributed by atoms with van der Waals surface area (Å²) in [6.07, 6.45) is 5.53. The van der Waals surface area contributed by atoms with Crippen LogP contribution in [0, 0.1) is 0 Å². The van der Waals surface area contributed by atoms with Crippen molar-refractivity contribution in [3.63, 3.8) is 0 Å². The van der Waals surface area contributed by atoms with E-state index in [4.69, 9.17) is 4.74 Å². The summed E-state index contributed by atoms with van der Waals surface area (Å²) in [7, 11) is 1.91. The molecule has 190 valence electrons. The zero-order valence-corrected chi connectivity index (χ0v) is 20.5. The molecule has 0 bridgehead atoms. The van der Waals surface area contributed by atoms with Crippen LogP contribution in [0.25, 0.3) is 0 Å². The van der Waals surface area contributed by atoms with Gasteiger partial charge in [0, 0.05) is 13.1 Å². The Morgan fingerprint density at radius 1 is 0.941 bits per heavy atom. The molecule has 3 heterocycles. The number of hydrogen-bond acceptors (Lipinski definition) is 7. The first kappa shape index (κ1) is 26.1. The smallest absolute Gasteiger partial charge is 0.329 e. The molecule has 0 spiro atoms. The van der Waals surface area contributed by atoms with Gasteiger partial charge in [-0.2, -0.15) is 0 Å². The lowest BCUT2D eigenvalue weighted by Crippen LogP contribution is -2.55. The number of aldehydes is 1. The lowest BCUT2D eigenvalue weighted by atomic mass is 10.0. The van der Waals surface area contributed by atoms with Gasteiger partial charge in [0.1, 0.15) is 24.5 Å². The van der Waals surface area contributed by atoms with Crippen LogP contribution in [0.2, 0.25) is 0 Å². The number of nitrogens with one attached hydrogen (secondary N) is 1. The van der Waals surface area contributed by atoms with Crippen LogP contribution < -0.4 is 5.32 Å². The van der Waals surface area contributed by atoms with Crippen LogP contribution in [0.15, 0.2) is 0 Å². The molecule has 0 aromatic carbocycles. The van der Waals surface area contributed by atoms with Crippen LogP contribution in [0.3, 0.4) is 0 Å². The van der Waals surface area contributed by atoms with Crippen LogP contribution in [0.5, 0.6) is 0 Å². The third kappa shape index (κ3) is 6.14. The van der Waals surface area contributed by atoms with Gasteiger partial charge in [0.25, 0.3) is 0 Å². The maximum atomic E-state index is 13.1. The molecule has 0 aromatic heterocycles. The van der Waals surface area contributed by atoms with Gasteiger partial charge >= 0.3 is 5.97 Å². The highest BCUT2D eigenvalue weighted by Gasteiger charge is 2.39. The standard InChI is InChI=1S/C24H38N4O6/c1-16(14-21(30)27-12-6-8-18(27)15-29)34-24(33)20-10-7-13-28(20)23(32)17(2)25-22(31)19-9-4-5-11-26(19)3/h15-20H,4-14H2,1-3H3,(H,25,31). The van der Waals surface area contributed by atoms with E-state index >= 15 is 0 Å². The number of esters is 1. The molecule has 3 aliphatic rings. The first-order chi connectivity index (χ1) is 16.2. The van der Waals surface area contributed by atoms with Crippen molar-refractivity contribution in [1.29, 1.82) is 0 Å². The van der Waals surface area contributed by atoms with Crippen LogP contribution in [0.4, 0.5) is 0 Å². The van der Waals surface area contributed by atoms with Gasteiger partial charge in [-0.05, 0) is 66.0 Å². The summed E-state index contributed by atoms with van der Waals surface area (Å²) >= 11 is 0. The average Bonchev–Trinajstić information content (AvgIpc) is 3.48. The lowest BCUT2D eigenvalue weighted by Gasteiger charge is -2.33. The average molecular weight is 479 g/mol. The Morgan fingerprint density at radius 2 is 1.62 bits per heavy atom. The molecule has 10 heteroatoms. The van der Waals surface area contributed by atoms with Crippen molar-refractivity contribution in [2.45, 2.75) is 95.5 Å². The van der Waals surface area contributed by atoms with E-state index in [0.717, 1.165) is 38.5 Å². The largest absolute Gasteiger partial charge is 0.461 e. The number of piperidine rings is 1. The maximum Gasteiger partial charge on any atom is 0.329 e. The fourth-order valence-electron chi connectivity index (χ4n) is 5.23. The minimum Gasteiger partial charge on any atom is -0.461 e. The van der Waals surface area contributed by atoms with E-state index in [1.807, 2.05) is 11.9 Å². The van der Waals surface area contributed by atoms with Gasteiger partial charge in [-0.15, -0.1) is 0 Å². The van der Waals surface area contributed by atoms with Crippen LogP contribution >= 0.6 is 0 Å². The molecule has 3 fully saturated rings. The summed E-state index contributed by atoms with van der Waals surface area (Å²) in [4.78, 5) is 67.3. The minimum absolute atomic E-state index is 0.00187. The van der Waals surface area contributed by atoms with E-state index < -0.39 is 30.2 Å². The Balaban J connectivity index is 1.51. The number of likely N-dealkylation sites (tertiary alicyclic amines) is 3. The van der Waals surface area contributed by atoms with E-state index in [-0.39, 0.29) is 30.2 Å². The van der Waals surface area contributed by atoms with E-state index in [2.05, 4.69) is 5.32 Å². The van der Waals surface area contributed by atoms with E-state index in [9.17, 15) is 24.0 Å². The van der Waals surface area contributed by atoms with Crippen molar-refractivity contribution in [3.8, 4) is 0 Å². The third-order valence-electron chi connectivity index (χ3n) is 7.17. The van der Waals surface area contributed by atoms with Crippen molar-refractivity contribution in [2.75, 3.05) is 26.7 Å². The molecule has 3 rings (SSSR count). The van der Waals surface area contributed by atoms with Crippen LogP contribution in [-0.2, 0) is 28.7 Å². The number of rotatable bonds is 8. The number of ether oxygens (including phenoxy) is 1. The van der Waals surface area contributed by atoms with Gasteiger partial charge in [0.2, 0.25) is 17.7 Å². The van der Waals surface area contributed by atoms with Gasteiger partial charge in [-0.1, -0.05) is 6.42 Å². The van der Waals surface area contributed by atoms with Gasteiger partial charge in [0.15, 0.2) is 0 Å². The molecular formula is C24H38N4O6. The predicted molar refractivity (Wildman–Crippen MR) is 124 cm³/mol. The molecular weight excluding hydrogens is 440 g/mol. The molecule has 3 saturated heterocycles. The monoisotopic (exact) mass is 478 g/mol. The second-order valence-corrected chi connectivity index (χ2v) is 9.80. The summed E-state index contributed by atoms with van der Waals surface area (Å²) in [5.74, 6) is -1.21. The second kappa shape index (κ2) is 11.8. The highest BCUT2D eigenvalue weighted by Crippen LogP contribution is 2.22. The Morgan fingerprint density at radius 3 is 2.32 bits per heavy atom. The quantitative estimate of drug-likeness (QED) is 0.398. The lowest BCUT2D eigenvalue weighted by molar-refractivity contribution is -0.159.